The third-order valence-corrected chi connectivity index (χ3v) is 5.14. The smallest absolute Gasteiger partial charge is 0.277 e. The molecule has 1 N–H and O–H groups in total. The Bertz CT molecular complexity index is 477. The minimum Gasteiger partial charge on any atom is -0.416 e. The van der Waals surface area contributed by atoms with Gasteiger partial charge in [-0.2, -0.15) is 0 Å². The fourth-order valence-electron chi connectivity index (χ4n) is 3.41. The molecule has 2 saturated carbocycles. The summed E-state index contributed by atoms with van der Waals surface area (Å²) in [5, 5.41) is 11.6. The van der Waals surface area contributed by atoms with E-state index in [1.54, 1.807) is 0 Å². The molecule has 2 aliphatic carbocycles. The van der Waals surface area contributed by atoms with Crippen LogP contribution in [0.3, 0.4) is 0 Å². The summed E-state index contributed by atoms with van der Waals surface area (Å²) in [6.45, 7) is 2.07. The van der Waals surface area contributed by atoms with Crippen molar-refractivity contribution in [3.05, 3.63) is 5.89 Å². The van der Waals surface area contributed by atoms with Crippen molar-refractivity contribution >= 4 is 17.7 Å². The van der Waals surface area contributed by atoms with Crippen LogP contribution < -0.4 is 5.32 Å². The molecule has 0 spiro atoms. The van der Waals surface area contributed by atoms with Crippen molar-refractivity contribution in [3.8, 4) is 0 Å². The van der Waals surface area contributed by atoms with E-state index in [9.17, 15) is 4.79 Å². The van der Waals surface area contributed by atoms with Crippen LogP contribution in [0.1, 0.15) is 44.9 Å². The predicted octanol–water partition coefficient (Wildman–Crippen LogP) is 2.42. The van der Waals surface area contributed by atoms with Crippen LogP contribution in [0.15, 0.2) is 9.64 Å². The predicted molar refractivity (Wildman–Crippen MR) is 76.4 cm³/mol. The van der Waals surface area contributed by atoms with Gasteiger partial charge in [0.15, 0.2) is 0 Å². The van der Waals surface area contributed by atoms with Crippen molar-refractivity contribution in [2.75, 3.05) is 5.75 Å². The third kappa shape index (κ3) is 3.16. The number of hydrogen-bond acceptors (Lipinski definition) is 5. The number of nitrogens with zero attached hydrogens (tertiary/aromatic N) is 2. The van der Waals surface area contributed by atoms with Gasteiger partial charge in [-0.25, -0.2) is 0 Å². The van der Waals surface area contributed by atoms with Crippen molar-refractivity contribution < 1.29 is 9.21 Å². The molecule has 0 aromatic carbocycles. The second-order valence-electron chi connectivity index (χ2n) is 5.85. The molecule has 110 valence electrons. The lowest BCUT2D eigenvalue weighted by Crippen LogP contribution is -2.39. The number of carbonyl (C=O) groups is 1. The molecule has 1 aromatic rings. The molecule has 5 nitrogen and oxygen atoms in total. The van der Waals surface area contributed by atoms with Crippen LogP contribution >= 0.6 is 11.8 Å². The van der Waals surface area contributed by atoms with Crippen molar-refractivity contribution in [2.45, 2.75) is 56.7 Å². The van der Waals surface area contributed by atoms with Gasteiger partial charge in [0.1, 0.15) is 0 Å². The van der Waals surface area contributed by atoms with E-state index in [0.717, 1.165) is 18.8 Å². The van der Waals surface area contributed by atoms with Crippen LogP contribution in [0.4, 0.5) is 0 Å². The molecule has 1 heterocycles. The number of rotatable bonds is 6. The van der Waals surface area contributed by atoms with Crippen LogP contribution in [0.5, 0.6) is 0 Å². The lowest BCUT2D eigenvalue weighted by Gasteiger charge is -2.22. The monoisotopic (exact) mass is 295 g/mol. The van der Waals surface area contributed by atoms with Crippen molar-refractivity contribution in [2.24, 2.45) is 11.8 Å². The molecule has 2 bridgehead atoms. The maximum atomic E-state index is 12.0. The molecule has 0 saturated heterocycles. The first-order valence-corrected chi connectivity index (χ1v) is 8.47. The van der Waals surface area contributed by atoms with Crippen LogP contribution in [0, 0.1) is 11.8 Å². The zero-order valence-electron chi connectivity index (χ0n) is 11.8. The third-order valence-electron chi connectivity index (χ3n) is 4.32. The SMILES string of the molecule is CCCc1nnc(SCC(=O)N[C@@H]2C[C@H]3CC[C@@H]2C3)o1. The summed E-state index contributed by atoms with van der Waals surface area (Å²) in [6.07, 6.45) is 6.90. The lowest BCUT2D eigenvalue weighted by molar-refractivity contribution is -0.119. The molecule has 3 rings (SSSR count). The van der Waals surface area contributed by atoms with Gasteiger partial charge in [-0.3, -0.25) is 4.79 Å². The van der Waals surface area contributed by atoms with Gasteiger partial charge < -0.3 is 9.73 Å². The second kappa shape index (κ2) is 6.16. The summed E-state index contributed by atoms with van der Waals surface area (Å²) < 4.78 is 5.45. The number of aryl methyl sites for hydroxylation is 1. The molecule has 6 heteroatoms. The van der Waals surface area contributed by atoms with Gasteiger partial charge in [-0.05, 0) is 37.5 Å². The average molecular weight is 295 g/mol. The van der Waals surface area contributed by atoms with Gasteiger partial charge in [-0.1, -0.05) is 25.1 Å². The molecule has 0 radical (unpaired) electrons. The largest absolute Gasteiger partial charge is 0.416 e. The van der Waals surface area contributed by atoms with E-state index in [1.807, 2.05) is 0 Å². The number of amides is 1. The standard InChI is InChI=1S/C14H21N3O2S/c1-2-3-13-16-17-14(19-13)20-8-12(18)15-11-7-9-4-5-10(11)6-9/h9-11H,2-8H2,1H3,(H,15,18)/t9-,10+,11+/m0/s1. The number of hydrogen-bond donors (Lipinski definition) is 1. The number of aromatic nitrogens is 2. The van der Waals surface area contributed by atoms with E-state index in [4.69, 9.17) is 4.42 Å². The highest BCUT2D eigenvalue weighted by atomic mass is 32.2. The van der Waals surface area contributed by atoms with Crippen molar-refractivity contribution in [3.63, 3.8) is 0 Å². The Labute approximate surface area is 123 Å². The van der Waals surface area contributed by atoms with Gasteiger partial charge in [0, 0.05) is 12.5 Å². The molecule has 0 aliphatic heterocycles. The highest BCUT2D eigenvalue weighted by Gasteiger charge is 2.39. The molecular formula is C14H21N3O2S. The van der Waals surface area contributed by atoms with E-state index in [0.29, 0.717) is 28.8 Å². The number of thioether (sulfide) groups is 1. The first-order chi connectivity index (χ1) is 9.74. The molecule has 20 heavy (non-hydrogen) atoms. The lowest BCUT2D eigenvalue weighted by atomic mass is 9.95. The Kier molecular flexibility index (Phi) is 4.29. The van der Waals surface area contributed by atoms with E-state index >= 15 is 0 Å². The summed E-state index contributed by atoms with van der Waals surface area (Å²) in [7, 11) is 0. The maximum absolute atomic E-state index is 12.0. The normalized spacial score (nSPS) is 27.9. The zero-order valence-corrected chi connectivity index (χ0v) is 12.6. The van der Waals surface area contributed by atoms with Crippen molar-refractivity contribution in [1.29, 1.82) is 0 Å². The Morgan fingerprint density at radius 1 is 1.40 bits per heavy atom. The van der Waals surface area contributed by atoms with Gasteiger partial charge in [0.25, 0.3) is 5.22 Å². The molecule has 1 amide bonds. The Hall–Kier alpha value is -1.04. The van der Waals surface area contributed by atoms with E-state index < -0.39 is 0 Å². The fourth-order valence-corrected chi connectivity index (χ4v) is 4.00. The summed E-state index contributed by atoms with van der Waals surface area (Å²) in [6, 6.07) is 0.403. The minimum atomic E-state index is 0.0859. The van der Waals surface area contributed by atoms with Crippen LogP contribution in [0.25, 0.3) is 0 Å². The number of carbonyl (C=O) groups excluding carboxylic acids is 1. The van der Waals surface area contributed by atoms with Gasteiger partial charge in [-0.15, -0.1) is 10.2 Å². The summed E-state index contributed by atoms with van der Waals surface area (Å²) in [5.74, 6) is 2.67. The van der Waals surface area contributed by atoms with E-state index in [1.165, 1.54) is 37.4 Å². The first kappa shape index (κ1) is 13.9. The van der Waals surface area contributed by atoms with Gasteiger partial charge >= 0.3 is 0 Å². The number of fused-ring (bicyclic) bond motifs is 2. The maximum Gasteiger partial charge on any atom is 0.277 e. The summed E-state index contributed by atoms with van der Waals surface area (Å²) >= 11 is 1.33. The van der Waals surface area contributed by atoms with E-state index in [2.05, 4.69) is 22.4 Å². The molecule has 0 unspecified atom stereocenters. The number of nitrogens with one attached hydrogen (secondary N) is 1. The topological polar surface area (TPSA) is 68.0 Å². The van der Waals surface area contributed by atoms with Crippen molar-refractivity contribution in [1.82, 2.24) is 15.5 Å². The highest BCUT2D eigenvalue weighted by Crippen LogP contribution is 2.44. The first-order valence-electron chi connectivity index (χ1n) is 7.49. The average Bonchev–Trinajstić information content (AvgIpc) is 3.13. The zero-order chi connectivity index (χ0) is 13.9. The van der Waals surface area contributed by atoms with Crippen LogP contribution in [-0.4, -0.2) is 27.9 Å². The van der Waals surface area contributed by atoms with E-state index in [-0.39, 0.29) is 5.91 Å². The van der Waals surface area contributed by atoms with Gasteiger partial charge in [0.2, 0.25) is 11.8 Å². The van der Waals surface area contributed by atoms with Gasteiger partial charge in [0.05, 0.1) is 5.75 Å². The second-order valence-corrected chi connectivity index (χ2v) is 6.78. The molecule has 1 aromatic heterocycles. The van der Waals surface area contributed by atoms with Crippen LogP contribution in [-0.2, 0) is 11.2 Å². The minimum absolute atomic E-state index is 0.0859. The molecule has 3 atom stereocenters. The fraction of sp³-hybridized carbons (Fsp3) is 0.786. The summed E-state index contributed by atoms with van der Waals surface area (Å²) in [5.41, 5.74) is 0. The molecular weight excluding hydrogens is 274 g/mol. The Morgan fingerprint density at radius 2 is 2.30 bits per heavy atom. The highest BCUT2D eigenvalue weighted by molar-refractivity contribution is 7.99. The molecule has 2 aliphatic rings. The Morgan fingerprint density at radius 3 is 3.00 bits per heavy atom. The quantitative estimate of drug-likeness (QED) is 0.816. The Balaban J connectivity index is 1.42. The molecule has 2 fully saturated rings. The van der Waals surface area contributed by atoms with Crippen LogP contribution in [0.2, 0.25) is 0 Å². The summed E-state index contributed by atoms with van der Waals surface area (Å²) in [4.78, 5) is 12.0.